The summed E-state index contributed by atoms with van der Waals surface area (Å²) in [6.07, 6.45) is 4.32. The molecule has 2 aromatic heterocycles. The number of nitrogen functional groups attached to an aromatic ring is 1. The molecule has 2 N–H and O–H groups in total. The van der Waals surface area contributed by atoms with Gasteiger partial charge in [-0.3, -0.25) is 4.68 Å². The monoisotopic (exact) mass is 263 g/mol. The van der Waals surface area contributed by atoms with Crippen molar-refractivity contribution in [1.29, 1.82) is 0 Å². The average molecular weight is 263 g/mol. The number of rotatable bonds is 4. The molecular weight excluding hydrogens is 246 g/mol. The number of aromatic nitrogens is 4. The molecule has 2 aromatic rings. The Balaban J connectivity index is 2.29. The number of nitrogens with zero attached hydrogens (tertiary/aromatic N) is 4. The van der Waals surface area contributed by atoms with Gasteiger partial charge in [-0.15, -0.1) is 0 Å². The summed E-state index contributed by atoms with van der Waals surface area (Å²) in [6.45, 7) is 2.58. The molecule has 7 nitrogen and oxygen atoms in total. The van der Waals surface area contributed by atoms with Gasteiger partial charge in [0.1, 0.15) is 5.82 Å². The van der Waals surface area contributed by atoms with E-state index in [2.05, 4.69) is 14.8 Å². The number of carbonyl (C=O) groups is 1. The molecule has 0 radical (unpaired) electrons. The van der Waals surface area contributed by atoms with Gasteiger partial charge in [0.25, 0.3) is 0 Å². The van der Waals surface area contributed by atoms with E-state index in [0.717, 1.165) is 17.7 Å². The highest BCUT2D eigenvalue weighted by atomic mass is 16.5. The zero-order valence-electron chi connectivity index (χ0n) is 11.3. The van der Waals surface area contributed by atoms with Crippen molar-refractivity contribution in [2.24, 2.45) is 7.05 Å². The molecule has 0 aliphatic carbocycles. The van der Waals surface area contributed by atoms with Crippen LogP contribution in [0, 0.1) is 0 Å². The molecule has 0 saturated heterocycles. The zero-order valence-corrected chi connectivity index (χ0v) is 11.3. The molecule has 0 unspecified atom stereocenters. The van der Waals surface area contributed by atoms with E-state index < -0.39 is 5.97 Å². The van der Waals surface area contributed by atoms with E-state index in [-0.39, 0.29) is 5.69 Å². The first-order valence-electron chi connectivity index (χ1n) is 5.97. The molecule has 0 spiro atoms. The maximum absolute atomic E-state index is 11.4. The molecule has 19 heavy (non-hydrogen) atoms. The molecule has 0 aliphatic heterocycles. The van der Waals surface area contributed by atoms with Crippen molar-refractivity contribution >= 4 is 11.8 Å². The molecule has 102 valence electrons. The van der Waals surface area contributed by atoms with Crippen LogP contribution in [0.2, 0.25) is 0 Å². The van der Waals surface area contributed by atoms with Crippen molar-refractivity contribution in [2.75, 3.05) is 12.8 Å². The second kappa shape index (κ2) is 5.13. The van der Waals surface area contributed by atoms with Crippen LogP contribution in [0.1, 0.15) is 28.7 Å². The first-order chi connectivity index (χ1) is 9.06. The summed E-state index contributed by atoms with van der Waals surface area (Å²) in [7, 11) is 3.18. The quantitative estimate of drug-likeness (QED) is 0.816. The van der Waals surface area contributed by atoms with Gasteiger partial charge in [-0.2, -0.15) is 5.10 Å². The maximum atomic E-state index is 11.4. The molecule has 0 atom stereocenters. The number of esters is 1. The van der Waals surface area contributed by atoms with Crippen LogP contribution >= 0.6 is 0 Å². The van der Waals surface area contributed by atoms with Crippen molar-refractivity contribution < 1.29 is 9.53 Å². The predicted octanol–water partition coefficient (Wildman–Crippen LogP) is 0.596. The second-order valence-electron chi connectivity index (χ2n) is 4.23. The summed E-state index contributed by atoms with van der Waals surface area (Å²) in [6, 6.07) is 0. The Morgan fingerprint density at radius 3 is 2.89 bits per heavy atom. The molecule has 0 amide bonds. The molecule has 0 fully saturated rings. The van der Waals surface area contributed by atoms with Crippen molar-refractivity contribution in [2.45, 2.75) is 19.9 Å². The van der Waals surface area contributed by atoms with Crippen molar-refractivity contribution in [3.8, 4) is 0 Å². The fourth-order valence-electron chi connectivity index (χ4n) is 1.97. The van der Waals surface area contributed by atoms with E-state index in [9.17, 15) is 4.79 Å². The van der Waals surface area contributed by atoms with Gasteiger partial charge in [-0.05, 0) is 6.42 Å². The minimum absolute atomic E-state index is 0.143. The number of imidazole rings is 1. The van der Waals surface area contributed by atoms with E-state index >= 15 is 0 Å². The fourth-order valence-corrected chi connectivity index (χ4v) is 1.97. The summed E-state index contributed by atoms with van der Waals surface area (Å²) in [5.41, 5.74) is 8.11. The first-order valence-corrected chi connectivity index (χ1v) is 5.97. The first kappa shape index (κ1) is 13.1. The highest BCUT2D eigenvalue weighted by Crippen LogP contribution is 2.15. The number of carbonyl (C=O) groups excluding carboxylic acids is 1. The van der Waals surface area contributed by atoms with Crippen molar-refractivity contribution in [3.63, 3.8) is 0 Å². The minimum Gasteiger partial charge on any atom is -0.464 e. The van der Waals surface area contributed by atoms with Crippen LogP contribution in [-0.4, -0.2) is 32.4 Å². The molecule has 7 heteroatoms. The Morgan fingerprint density at radius 1 is 1.53 bits per heavy atom. The van der Waals surface area contributed by atoms with Gasteiger partial charge < -0.3 is 15.0 Å². The van der Waals surface area contributed by atoms with Crippen molar-refractivity contribution in [3.05, 3.63) is 29.5 Å². The largest absolute Gasteiger partial charge is 0.464 e. The molecule has 0 bridgehead atoms. The number of nitrogens with two attached hydrogens (primary N) is 1. The lowest BCUT2D eigenvalue weighted by atomic mass is 10.2. The maximum Gasteiger partial charge on any atom is 0.360 e. The van der Waals surface area contributed by atoms with Gasteiger partial charge in [-0.1, -0.05) is 6.92 Å². The van der Waals surface area contributed by atoms with Gasteiger partial charge in [0.2, 0.25) is 0 Å². The zero-order chi connectivity index (χ0) is 14.0. The fraction of sp³-hybridized carbons (Fsp3) is 0.417. The molecule has 0 saturated carbocycles. The van der Waals surface area contributed by atoms with Crippen LogP contribution in [0.15, 0.2) is 12.5 Å². The van der Waals surface area contributed by atoms with Gasteiger partial charge in [0.05, 0.1) is 25.7 Å². The van der Waals surface area contributed by atoms with Crippen molar-refractivity contribution in [1.82, 2.24) is 19.3 Å². The second-order valence-corrected chi connectivity index (χ2v) is 4.23. The third kappa shape index (κ3) is 2.44. The Labute approximate surface area is 111 Å². The van der Waals surface area contributed by atoms with E-state index in [0.29, 0.717) is 12.4 Å². The van der Waals surface area contributed by atoms with Crippen LogP contribution in [0.5, 0.6) is 0 Å². The van der Waals surface area contributed by atoms with E-state index in [1.807, 2.05) is 20.2 Å². The SMILES string of the molecule is CCc1nn(C)cc1Cn1cnc(C(=O)OC)c1N. The average Bonchev–Trinajstić information content (AvgIpc) is 2.93. The Kier molecular flexibility index (Phi) is 3.55. The third-order valence-corrected chi connectivity index (χ3v) is 2.92. The molecule has 0 aliphatic rings. The summed E-state index contributed by atoms with van der Waals surface area (Å²) in [5.74, 6) is -0.226. The number of anilines is 1. The standard InChI is InChI=1S/C12H17N5O2/c1-4-9-8(5-16(2)15-9)6-17-7-14-10(11(17)13)12(18)19-3/h5,7H,4,6,13H2,1-3H3. The topological polar surface area (TPSA) is 88.0 Å². The Bertz CT molecular complexity index is 599. The van der Waals surface area contributed by atoms with Gasteiger partial charge in [0, 0.05) is 18.8 Å². The van der Waals surface area contributed by atoms with Crippen LogP contribution in [-0.2, 0) is 24.8 Å². The lowest BCUT2D eigenvalue weighted by Crippen LogP contribution is -2.09. The summed E-state index contributed by atoms with van der Waals surface area (Å²) < 4.78 is 8.10. The molecular formula is C12H17N5O2. The number of hydrogen-bond donors (Lipinski definition) is 1. The van der Waals surface area contributed by atoms with Crippen LogP contribution < -0.4 is 5.73 Å². The Morgan fingerprint density at radius 2 is 2.26 bits per heavy atom. The molecule has 0 aromatic carbocycles. The van der Waals surface area contributed by atoms with Crippen LogP contribution in [0.3, 0.4) is 0 Å². The van der Waals surface area contributed by atoms with Crippen LogP contribution in [0.25, 0.3) is 0 Å². The third-order valence-electron chi connectivity index (χ3n) is 2.92. The summed E-state index contributed by atoms with van der Waals surface area (Å²) in [4.78, 5) is 15.4. The van der Waals surface area contributed by atoms with E-state index in [1.54, 1.807) is 9.25 Å². The summed E-state index contributed by atoms with van der Waals surface area (Å²) >= 11 is 0. The molecule has 2 rings (SSSR count). The van der Waals surface area contributed by atoms with Crippen LogP contribution in [0.4, 0.5) is 5.82 Å². The smallest absolute Gasteiger partial charge is 0.360 e. The lowest BCUT2D eigenvalue weighted by Gasteiger charge is -2.05. The van der Waals surface area contributed by atoms with Gasteiger partial charge in [0.15, 0.2) is 5.69 Å². The number of hydrogen-bond acceptors (Lipinski definition) is 5. The Hall–Kier alpha value is -2.31. The summed E-state index contributed by atoms with van der Waals surface area (Å²) in [5, 5.41) is 4.36. The highest BCUT2D eigenvalue weighted by Gasteiger charge is 2.17. The normalized spacial score (nSPS) is 10.7. The number of methoxy groups -OCH3 is 1. The minimum atomic E-state index is -0.529. The van der Waals surface area contributed by atoms with Gasteiger partial charge >= 0.3 is 5.97 Å². The number of aryl methyl sites for hydroxylation is 2. The van der Waals surface area contributed by atoms with Gasteiger partial charge in [-0.25, -0.2) is 9.78 Å². The lowest BCUT2D eigenvalue weighted by molar-refractivity contribution is 0.0596. The van der Waals surface area contributed by atoms with E-state index in [4.69, 9.17) is 5.73 Å². The molecule has 2 heterocycles. The number of ether oxygens (including phenoxy) is 1. The highest BCUT2D eigenvalue weighted by molar-refractivity contribution is 5.92. The predicted molar refractivity (Wildman–Crippen MR) is 69.7 cm³/mol. The van der Waals surface area contributed by atoms with E-state index in [1.165, 1.54) is 13.4 Å².